The minimum Gasteiger partial charge on any atom is -0.462 e. The summed E-state index contributed by atoms with van der Waals surface area (Å²) in [6, 6.07) is -2.71. The summed E-state index contributed by atoms with van der Waals surface area (Å²) in [5.41, 5.74) is -0.578. The number of benzene rings is 1. The van der Waals surface area contributed by atoms with Gasteiger partial charge in [0, 0.05) is 6.42 Å². The smallest absolute Gasteiger partial charge is 0.338 e. The van der Waals surface area contributed by atoms with Crippen molar-refractivity contribution in [3.63, 3.8) is 0 Å². The Balaban J connectivity index is 2.69. The van der Waals surface area contributed by atoms with Gasteiger partial charge in [0.1, 0.15) is 5.75 Å². The third-order valence-corrected chi connectivity index (χ3v) is 2.59. The lowest BCUT2D eigenvalue weighted by Gasteiger charge is -2.06. The predicted octanol–water partition coefficient (Wildman–Crippen LogP) is -0.00750. The number of nitrogens with two attached hydrogens (primary N) is 2. The van der Waals surface area contributed by atoms with Crippen molar-refractivity contribution < 1.29 is 37.0 Å². The van der Waals surface area contributed by atoms with Crippen LogP contribution >= 0.6 is 0 Å². The van der Waals surface area contributed by atoms with Gasteiger partial charge < -0.3 is 9.47 Å². The molecule has 0 saturated heterocycles. The highest BCUT2D eigenvalue weighted by Crippen LogP contribution is 2.14. The summed E-state index contributed by atoms with van der Waals surface area (Å²) < 4.78 is 77.3. The van der Waals surface area contributed by atoms with Gasteiger partial charge in [-0.15, -0.1) is 0 Å². The van der Waals surface area contributed by atoms with E-state index in [2.05, 4.69) is 0 Å². The zero-order valence-electron chi connectivity index (χ0n) is 21.7. The Morgan fingerprint density at radius 3 is 2.83 bits per heavy atom. The second-order valence-electron chi connectivity index (χ2n) is 4.39. The van der Waals surface area contributed by atoms with Gasteiger partial charge in [0.25, 0.3) is 7.06 Å². The van der Waals surface area contributed by atoms with Crippen molar-refractivity contribution in [2.75, 3.05) is 13.2 Å². The summed E-state index contributed by atoms with van der Waals surface area (Å²) in [6.45, 7) is 1.52. The lowest BCUT2D eigenvalue weighted by atomic mass is 10.2. The molecule has 0 bridgehead atoms. The number of unbranched alkanes of at least 4 members (excludes halogenated alkanes) is 2. The largest absolute Gasteiger partial charge is 0.462 e. The maximum absolute atomic E-state index is 12.1. The first-order valence-electron chi connectivity index (χ1n) is 11.3. The Kier molecular flexibility index (Phi) is 3.95. The van der Waals surface area contributed by atoms with Crippen LogP contribution in [0.2, 0.25) is 7.06 Å². The van der Waals surface area contributed by atoms with Crippen molar-refractivity contribution in [1.29, 1.82) is 0 Å². The van der Waals surface area contributed by atoms with Gasteiger partial charge >= 0.3 is 17.9 Å². The molecule has 0 fully saturated rings. The zero-order valence-corrected chi connectivity index (χ0v) is 12.7. The average molecular weight is 331 g/mol. The molecule has 1 rings (SSSR count). The predicted molar refractivity (Wildman–Crippen MR) is 85.6 cm³/mol. The molecule has 0 atom stereocenters. The van der Waals surface area contributed by atoms with Gasteiger partial charge in [-0.2, -0.15) is 0 Å². The van der Waals surface area contributed by atoms with E-state index in [1.54, 1.807) is 0 Å². The van der Waals surface area contributed by atoms with Crippen molar-refractivity contribution in [3.8, 4) is 5.75 Å². The number of carbonyl (C=O) groups is 2. The van der Waals surface area contributed by atoms with Gasteiger partial charge in [0.05, 0.1) is 24.2 Å². The van der Waals surface area contributed by atoms with Crippen LogP contribution in [0.1, 0.15) is 48.4 Å². The fourth-order valence-electron chi connectivity index (χ4n) is 1.56. The molecule has 0 aliphatic rings. The average Bonchev–Trinajstić information content (AvgIpc) is 2.69. The molecule has 0 aliphatic carbocycles. The maximum Gasteiger partial charge on any atom is 0.338 e. The van der Waals surface area contributed by atoms with Gasteiger partial charge in [-0.1, -0.05) is 0 Å². The number of esters is 2. The van der Waals surface area contributed by atoms with E-state index in [4.69, 9.17) is 22.0 Å². The maximum atomic E-state index is 12.1. The van der Waals surface area contributed by atoms with Crippen LogP contribution in [0.25, 0.3) is 0 Å². The van der Waals surface area contributed by atoms with Crippen molar-refractivity contribution >= 4 is 17.9 Å². The minimum absolute atomic E-state index is 0.000362. The van der Waals surface area contributed by atoms with E-state index in [0.29, 0.717) is 24.6 Å². The van der Waals surface area contributed by atoms with E-state index in [1.165, 1.54) is 6.92 Å². The molecule has 7 nitrogen and oxygen atoms in total. The number of rotatable bonds is 9. The molecule has 0 aliphatic heterocycles. The van der Waals surface area contributed by atoms with Crippen LogP contribution in [0.15, 0.2) is 24.2 Å². The van der Waals surface area contributed by atoms with E-state index in [-0.39, 0.29) is 30.7 Å². The summed E-state index contributed by atoms with van der Waals surface area (Å²) >= 11 is 0. The monoisotopic (exact) mass is 331 g/mol. The first-order valence-corrected chi connectivity index (χ1v) is 7.11. The molecule has 5 N–H and O–H groups in total. The third-order valence-electron chi connectivity index (χ3n) is 2.59. The fourth-order valence-corrected chi connectivity index (χ4v) is 1.56. The van der Waals surface area contributed by atoms with Crippen LogP contribution in [0.5, 0.6) is 5.75 Å². The second-order valence-corrected chi connectivity index (χ2v) is 4.39. The molecule has 1 aromatic rings. The lowest BCUT2D eigenvalue weighted by Crippen LogP contribution is -2.54. The fraction of sp³-hybridized carbons (Fsp3) is 0.438. The highest BCUT2D eigenvalue weighted by Gasteiger charge is 2.08. The first-order chi connectivity index (χ1) is 14.9. The Morgan fingerprint density at radius 2 is 2.17 bits per heavy atom. The number of hydrogen-bond donors (Lipinski definition) is 3. The molecular formula is C16H24N3O4+. The molecule has 0 saturated carbocycles. The molecule has 0 spiro atoms. The highest BCUT2D eigenvalue weighted by molar-refractivity contribution is 5.89. The van der Waals surface area contributed by atoms with E-state index < -0.39 is 53.4 Å². The van der Waals surface area contributed by atoms with Gasteiger partial charge in [0.2, 0.25) is 0 Å². The Bertz CT molecular complexity index is 850. The normalized spacial score (nSPS) is 15.1. The highest BCUT2D eigenvalue weighted by atomic mass is 16.5. The Morgan fingerprint density at radius 1 is 1.39 bits per heavy atom. The summed E-state index contributed by atoms with van der Waals surface area (Å²) in [5, 5.41) is 0.600. The zero-order chi connectivity index (χ0) is 24.6. The van der Waals surface area contributed by atoms with Gasteiger partial charge in [-0.05, 0) is 50.4 Å². The third kappa shape index (κ3) is 7.85. The molecule has 0 unspecified atom stereocenters. The van der Waals surface area contributed by atoms with E-state index in [9.17, 15) is 9.59 Å². The van der Waals surface area contributed by atoms with E-state index >= 15 is 0 Å². The summed E-state index contributed by atoms with van der Waals surface area (Å²) in [7, 11) is 0. The SMILES string of the molecule is [2H]c1c([2H])c(C(=O)OCC)c([2H])c([2H])c1OC(=O)CCCCCN([2H])C(N([2H])[2H])=[N+]([2H])[2H]. The summed E-state index contributed by atoms with van der Waals surface area (Å²) in [6.07, 6.45) is 0.930. The number of guanidine groups is 1. The first kappa shape index (κ1) is 8.90. The van der Waals surface area contributed by atoms with Crippen LogP contribution in [0.4, 0.5) is 0 Å². The number of carbonyl (C=O) groups excluding carboxylic acids is 2. The number of hydrogen-bond acceptors (Lipinski definition) is 4. The summed E-state index contributed by atoms with van der Waals surface area (Å²) in [4.78, 5) is 24.0. The van der Waals surface area contributed by atoms with Crippen molar-refractivity contribution in [2.45, 2.75) is 32.6 Å². The van der Waals surface area contributed by atoms with Crippen LogP contribution in [-0.2, 0) is 9.53 Å². The second kappa shape index (κ2) is 10.2. The standard InChI is InChI=1S/C16H23N3O4/c1-2-22-15(21)12-7-9-13(10-8-12)23-14(20)6-4-3-5-11-19-16(17)18/h7-10H,2-6,11H2,1H3,(H4,17,18,19)/p+1/i7D,8D,9D,10D/hD5. The molecule has 0 aromatic heterocycles. The Hall–Kier alpha value is -2.57. The van der Waals surface area contributed by atoms with Gasteiger partial charge in [-0.25, -0.2) is 4.79 Å². The van der Waals surface area contributed by atoms with Crippen molar-refractivity contribution in [3.05, 3.63) is 29.7 Å². The molecule has 0 heterocycles. The topological polar surface area (TPSA) is 116 Å². The molecule has 0 radical (unpaired) electrons. The molecule has 7 heteroatoms. The molecule has 126 valence electrons. The van der Waals surface area contributed by atoms with Crippen LogP contribution in [0.3, 0.4) is 0 Å². The lowest BCUT2D eigenvalue weighted by molar-refractivity contribution is -0.134. The van der Waals surface area contributed by atoms with E-state index in [0.717, 1.165) is 0 Å². The van der Waals surface area contributed by atoms with Crippen LogP contribution in [-0.4, -0.2) is 31.0 Å². The molecule has 1 aromatic carbocycles. The quantitative estimate of drug-likeness (QED) is 0.193. The van der Waals surface area contributed by atoms with Crippen molar-refractivity contribution in [1.82, 2.24) is 5.31 Å². The van der Waals surface area contributed by atoms with E-state index in [1.807, 2.05) is 0 Å². The summed E-state index contributed by atoms with van der Waals surface area (Å²) in [5.74, 6) is -3.01. The van der Waals surface area contributed by atoms with Gasteiger partial charge in [0.15, 0.2) is 0 Å². The number of nitrogens with one attached hydrogen (secondary N) is 1. The molecular weight excluding hydrogens is 298 g/mol. The van der Waals surface area contributed by atoms with Crippen molar-refractivity contribution in [2.24, 2.45) is 5.72 Å². The van der Waals surface area contributed by atoms with Crippen LogP contribution < -0.4 is 21.2 Å². The van der Waals surface area contributed by atoms with Gasteiger partial charge in [-0.3, -0.25) is 21.2 Å². The van der Waals surface area contributed by atoms with Crippen LogP contribution in [0, 0.1) is 0 Å². The Labute approximate surface area is 148 Å². The minimum atomic E-state index is -1.01. The number of ether oxygens (including phenoxy) is 2. The molecule has 0 amide bonds. The molecule has 23 heavy (non-hydrogen) atoms.